The normalized spacial score (nSPS) is 14.5. The zero-order chi connectivity index (χ0) is 24.1. The summed E-state index contributed by atoms with van der Waals surface area (Å²) >= 11 is 10.3. The van der Waals surface area contributed by atoms with Gasteiger partial charge in [0.15, 0.2) is 0 Å². The zero-order valence-electron chi connectivity index (χ0n) is 17.7. The number of para-hydroxylation sites is 1. The monoisotopic (exact) mass is 556 g/mol. The Morgan fingerprint density at radius 2 is 1.79 bits per heavy atom. The Bertz CT molecular complexity index is 1280. The summed E-state index contributed by atoms with van der Waals surface area (Å²) in [4.78, 5) is 38.9. The molecule has 1 N–H and O–H groups in total. The summed E-state index contributed by atoms with van der Waals surface area (Å²) in [5.74, 6) is -0.500. The molecule has 6 nitrogen and oxygen atoms in total. The minimum absolute atomic E-state index is 0.207. The van der Waals surface area contributed by atoms with Gasteiger partial charge in [0.1, 0.15) is 18.9 Å². The molecule has 3 aromatic carbocycles. The van der Waals surface area contributed by atoms with E-state index in [9.17, 15) is 14.4 Å². The summed E-state index contributed by atoms with van der Waals surface area (Å²) in [6, 6.07) is 21.9. The highest BCUT2D eigenvalue weighted by atomic mass is 79.9. The second-order valence-electron chi connectivity index (χ2n) is 7.25. The van der Waals surface area contributed by atoms with Crippen LogP contribution < -0.4 is 10.1 Å². The lowest BCUT2D eigenvalue weighted by Crippen LogP contribution is -2.36. The number of hydrogen-bond acceptors (Lipinski definition) is 5. The molecule has 0 radical (unpaired) electrons. The zero-order valence-corrected chi connectivity index (χ0v) is 20.8. The van der Waals surface area contributed by atoms with Crippen molar-refractivity contribution in [2.75, 3.05) is 11.9 Å². The molecule has 34 heavy (non-hydrogen) atoms. The number of hydrogen-bond donors (Lipinski definition) is 1. The van der Waals surface area contributed by atoms with E-state index in [0.29, 0.717) is 28.6 Å². The number of benzene rings is 3. The molecule has 0 unspecified atom stereocenters. The average Bonchev–Trinajstić information content (AvgIpc) is 3.08. The third-order valence-corrected chi connectivity index (χ3v) is 6.55. The van der Waals surface area contributed by atoms with Crippen LogP contribution in [0.3, 0.4) is 0 Å². The maximum absolute atomic E-state index is 12.9. The number of amides is 3. The molecule has 3 aromatic rings. The van der Waals surface area contributed by atoms with Crippen LogP contribution in [0.4, 0.5) is 10.5 Å². The van der Waals surface area contributed by atoms with E-state index in [1.807, 2.05) is 36.4 Å². The van der Waals surface area contributed by atoms with Gasteiger partial charge < -0.3 is 10.1 Å². The maximum Gasteiger partial charge on any atom is 0.294 e. The molecule has 4 rings (SSSR count). The van der Waals surface area contributed by atoms with Gasteiger partial charge in [-0.2, -0.15) is 0 Å². The predicted molar refractivity (Wildman–Crippen MR) is 138 cm³/mol. The standard InChI is InChI=1S/C25H18BrClN2O4S/c26-18-10-11-21(33-15-16-6-2-1-3-7-16)17(12-18)13-22-24(31)29(25(32)34-22)14-23(30)28-20-9-5-4-8-19(20)27/h1-13H,14-15H2,(H,28,30)/b22-13+. The molecule has 0 spiro atoms. The van der Waals surface area contributed by atoms with E-state index in [1.54, 1.807) is 42.5 Å². The van der Waals surface area contributed by atoms with Crippen molar-refractivity contribution < 1.29 is 19.1 Å². The number of carbonyl (C=O) groups is 3. The van der Waals surface area contributed by atoms with E-state index in [0.717, 1.165) is 26.7 Å². The summed E-state index contributed by atoms with van der Waals surface area (Å²) in [7, 11) is 0. The third kappa shape index (κ3) is 5.88. The molecule has 1 heterocycles. The van der Waals surface area contributed by atoms with E-state index in [4.69, 9.17) is 16.3 Å². The van der Waals surface area contributed by atoms with Crippen molar-refractivity contribution in [2.45, 2.75) is 6.61 Å². The quantitative estimate of drug-likeness (QED) is 0.342. The highest BCUT2D eigenvalue weighted by molar-refractivity contribution is 9.10. The average molecular weight is 558 g/mol. The highest BCUT2D eigenvalue weighted by Gasteiger charge is 2.36. The largest absolute Gasteiger partial charge is 0.488 e. The molecule has 0 aliphatic carbocycles. The van der Waals surface area contributed by atoms with Crippen molar-refractivity contribution in [1.82, 2.24) is 4.90 Å². The highest BCUT2D eigenvalue weighted by Crippen LogP contribution is 2.35. The van der Waals surface area contributed by atoms with Crippen molar-refractivity contribution in [2.24, 2.45) is 0 Å². The summed E-state index contributed by atoms with van der Waals surface area (Å²) in [6.07, 6.45) is 1.60. The first-order valence-corrected chi connectivity index (χ1v) is 12.2. The SMILES string of the molecule is O=C(CN1C(=O)S/C(=C/c2cc(Br)ccc2OCc2ccccc2)C1=O)Nc1ccccc1Cl. The van der Waals surface area contributed by atoms with Crippen LogP contribution in [-0.4, -0.2) is 28.5 Å². The number of nitrogens with one attached hydrogen (secondary N) is 1. The van der Waals surface area contributed by atoms with Crippen molar-refractivity contribution >= 4 is 68.1 Å². The van der Waals surface area contributed by atoms with Gasteiger partial charge in [-0.05, 0) is 53.7 Å². The molecular formula is C25H18BrClN2O4S. The fourth-order valence-electron chi connectivity index (χ4n) is 3.17. The fourth-order valence-corrected chi connectivity index (χ4v) is 4.56. The number of imide groups is 1. The molecule has 9 heteroatoms. The van der Waals surface area contributed by atoms with Crippen LogP contribution >= 0.6 is 39.3 Å². The smallest absolute Gasteiger partial charge is 0.294 e. The second-order valence-corrected chi connectivity index (χ2v) is 9.57. The topological polar surface area (TPSA) is 75.7 Å². The Morgan fingerprint density at radius 1 is 1.06 bits per heavy atom. The lowest BCUT2D eigenvalue weighted by Gasteiger charge is -2.13. The van der Waals surface area contributed by atoms with Gasteiger partial charge in [0.05, 0.1) is 15.6 Å². The van der Waals surface area contributed by atoms with Crippen molar-refractivity contribution in [3.63, 3.8) is 0 Å². The van der Waals surface area contributed by atoms with Gasteiger partial charge >= 0.3 is 0 Å². The molecule has 1 fully saturated rings. The lowest BCUT2D eigenvalue weighted by molar-refractivity contribution is -0.127. The van der Waals surface area contributed by atoms with Gasteiger partial charge in [-0.25, -0.2) is 0 Å². The van der Waals surface area contributed by atoms with Crippen LogP contribution in [0.15, 0.2) is 82.2 Å². The third-order valence-electron chi connectivity index (χ3n) is 4.82. The summed E-state index contributed by atoms with van der Waals surface area (Å²) in [5, 5.41) is 2.46. The Hall–Kier alpha value is -3.07. The molecule has 0 bridgehead atoms. The van der Waals surface area contributed by atoms with Gasteiger partial charge in [-0.15, -0.1) is 0 Å². The predicted octanol–water partition coefficient (Wildman–Crippen LogP) is 6.36. The molecule has 1 saturated heterocycles. The van der Waals surface area contributed by atoms with Crippen LogP contribution in [0.2, 0.25) is 5.02 Å². The number of rotatable bonds is 7. The summed E-state index contributed by atoms with van der Waals surface area (Å²) in [5.41, 5.74) is 2.04. The van der Waals surface area contributed by atoms with E-state index >= 15 is 0 Å². The second kappa shape index (κ2) is 10.9. The van der Waals surface area contributed by atoms with Crippen LogP contribution in [-0.2, 0) is 16.2 Å². The fraction of sp³-hybridized carbons (Fsp3) is 0.0800. The van der Waals surface area contributed by atoms with Crippen molar-refractivity contribution in [3.05, 3.63) is 98.3 Å². The molecular weight excluding hydrogens is 540 g/mol. The first kappa shape index (κ1) is 24.1. The Morgan fingerprint density at radius 3 is 2.56 bits per heavy atom. The van der Waals surface area contributed by atoms with Crippen molar-refractivity contribution in [3.8, 4) is 5.75 Å². The van der Waals surface area contributed by atoms with E-state index < -0.39 is 23.6 Å². The number of thioether (sulfide) groups is 1. The first-order chi connectivity index (χ1) is 16.4. The van der Waals surface area contributed by atoms with Gasteiger partial charge in [-0.3, -0.25) is 19.3 Å². The van der Waals surface area contributed by atoms with Crippen LogP contribution in [0.25, 0.3) is 6.08 Å². The molecule has 172 valence electrons. The number of anilines is 1. The summed E-state index contributed by atoms with van der Waals surface area (Å²) in [6.45, 7) is -0.0594. The van der Waals surface area contributed by atoms with Gasteiger partial charge in [0, 0.05) is 10.0 Å². The van der Waals surface area contributed by atoms with Crippen LogP contribution in [0, 0.1) is 0 Å². The van der Waals surface area contributed by atoms with E-state index in [2.05, 4.69) is 21.2 Å². The molecule has 0 aromatic heterocycles. The lowest BCUT2D eigenvalue weighted by atomic mass is 10.1. The molecule has 3 amide bonds. The summed E-state index contributed by atoms with van der Waals surface area (Å²) < 4.78 is 6.75. The Kier molecular flexibility index (Phi) is 7.72. The van der Waals surface area contributed by atoms with Crippen LogP contribution in [0.1, 0.15) is 11.1 Å². The van der Waals surface area contributed by atoms with Crippen LogP contribution in [0.5, 0.6) is 5.75 Å². The number of ether oxygens (including phenoxy) is 1. The Labute approximate surface area is 214 Å². The molecule has 1 aliphatic heterocycles. The molecule has 0 saturated carbocycles. The van der Waals surface area contributed by atoms with Crippen molar-refractivity contribution in [1.29, 1.82) is 0 Å². The first-order valence-electron chi connectivity index (χ1n) is 10.2. The minimum Gasteiger partial charge on any atom is -0.488 e. The van der Waals surface area contributed by atoms with Gasteiger partial charge in [0.25, 0.3) is 11.1 Å². The maximum atomic E-state index is 12.9. The van der Waals surface area contributed by atoms with E-state index in [-0.39, 0.29) is 4.91 Å². The number of halogens is 2. The number of nitrogens with zero attached hydrogens (tertiary/aromatic N) is 1. The van der Waals surface area contributed by atoms with Gasteiger partial charge in [0.2, 0.25) is 5.91 Å². The molecule has 0 atom stereocenters. The molecule has 1 aliphatic rings. The number of carbonyl (C=O) groups excluding carboxylic acids is 3. The minimum atomic E-state index is -0.543. The Balaban J connectivity index is 1.49. The van der Waals surface area contributed by atoms with E-state index in [1.165, 1.54) is 0 Å². The van der Waals surface area contributed by atoms with Gasteiger partial charge in [-0.1, -0.05) is 70.0 Å².